The molecule has 114 valence electrons. The fraction of sp³-hybridized carbons (Fsp3) is 0.368. The number of carbonyl (C=O) groups is 1. The van der Waals surface area contributed by atoms with Crippen LogP contribution in [0.2, 0.25) is 0 Å². The van der Waals surface area contributed by atoms with Crippen molar-refractivity contribution in [1.82, 2.24) is 9.88 Å². The maximum Gasteiger partial charge on any atom is 0.255 e. The summed E-state index contributed by atoms with van der Waals surface area (Å²) in [4.78, 5) is 18.3. The normalized spacial score (nSPS) is 15.0. The molecule has 3 rings (SSSR count). The number of nitrogens with zero attached hydrogens (tertiary/aromatic N) is 2. The smallest absolute Gasteiger partial charge is 0.255 e. The Kier molecular flexibility index (Phi) is 4.23. The van der Waals surface area contributed by atoms with Gasteiger partial charge in [-0.1, -0.05) is 37.1 Å². The van der Waals surface area contributed by atoms with Crippen LogP contribution in [0.4, 0.5) is 0 Å². The third kappa shape index (κ3) is 2.89. The molecule has 0 aliphatic heterocycles. The van der Waals surface area contributed by atoms with Gasteiger partial charge in [-0.05, 0) is 36.5 Å². The Balaban J connectivity index is 1.92. The van der Waals surface area contributed by atoms with Gasteiger partial charge in [-0.25, -0.2) is 0 Å². The maximum absolute atomic E-state index is 12.3. The zero-order chi connectivity index (χ0) is 15.5. The van der Waals surface area contributed by atoms with Crippen LogP contribution in [-0.2, 0) is 0 Å². The Morgan fingerprint density at radius 3 is 2.41 bits per heavy atom. The number of carbonyl (C=O) groups excluding carboxylic acids is 1. The topological polar surface area (TPSA) is 33.2 Å². The van der Waals surface area contributed by atoms with Crippen molar-refractivity contribution in [2.24, 2.45) is 0 Å². The minimum absolute atomic E-state index is 0.0111. The molecular formula is C19H22N2O. The number of aromatic nitrogens is 1. The lowest BCUT2D eigenvalue weighted by molar-refractivity contribution is 0.0828. The highest BCUT2D eigenvalue weighted by Crippen LogP contribution is 2.35. The second-order valence-electron chi connectivity index (χ2n) is 6.20. The molecule has 3 heteroatoms. The van der Waals surface area contributed by atoms with E-state index in [4.69, 9.17) is 0 Å². The van der Waals surface area contributed by atoms with E-state index in [2.05, 4.69) is 29.2 Å². The van der Waals surface area contributed by atoms with Crippen molar-refractivity contribution >= 4 is 5.91 Å². The van der Waals surface area contributed by atoms with Gasteiger partial charge >= 0.3 is 0 Å². The fourth-order valence-corrected chi connectivity index (χ4v) is 3.22. The summed E-state index contributed by atoms with van der Waals surface area (Å²) < 4.78 is 0. The molecule has 0 bridgehead atoms. The number of benzene rings is 1. The molecule has 0 saturated heterocycles. The van der Waals surface area contributed by atoms with Crippen molar-refractivity contribution in [3.63, 3.8) is 0 Å². The molecule has 2 aromatic rings. The van der Waals surface area contributed by atoms with Crippen LogP contribution in [0, 0.1) is 0 Å². The molecule has 1 aliphatic carbocycles. The molecule has 0 atom stereocenters. The Morgan fingerprint density at radius 2 is 1.77 bits per heavy atom. The fourth-order valence-electron chi connectivity index (χ4n) is 3.22. The van der Waals surface area contributed by atoms with E-state index in [9.17, 15) is 4.79 Å². The van der Waals surface area contributed by atoms with Crippen LogP contribution in [0.1, 0.15) is 47.5 Å². The van der Waals surface area contributed by atoms with Crippen LogP contribution in [-0.4, -0.2) is 29.9 Å². The lowest BCUT2D eigenvalue weighted by atomic mass is 9.95. The summed E-state index contributed by atoms with van der Waals surface area (Å²) in [5.41, 5.74) is 3.84. The molecule has 0 spiro atoms. The van der Waals surface area contributed by atoms with Crippen molar-refractivity contribution in [2.45, 2.75) is 31.6 Å². The third-order valence-corrected chi connectivity index (χ3v) is 4.45. The van der Waals surface area contributed by atoms with Gasteiger partial charge in [0.1, 0.15) is 0 Å². The average molecular weight is 294 g/mol. The molecule has 0 unspecified atom stereocenters. The van der Waals surface area contributed by atoms with Crippen molar-refractivity contribution in [3.05, 3.63) is 53.7 Å². The Bertz CT molecular complexity index is 655. The molecule has 0 radical (unpaired) electrons. The monoisotopic (exact) mass is 294 g/mol. The largest absolute Gasteiger partial charge is 0.345 e. The van der Waals surface area contributed by atoms with Gasteiger partial charge in [0.05, 0.1) is 11.3 Å². The first-order valence-corrected chi connectivity index (χ1v) is 7.94. The molecule has 3 nitrogen and oxygen atoms in total. The van der Waals surface area contributed by atoms with Crippen molar-refractivity contribution in [1.29, 1.82) is 0 Å². The van der Waals surface area contributed by atoms with E-state index in [0.29, 0.717) is 11.5 Å². The van der Waals surface area contributed by atoms with Gasteiger partial charge in [0, 0.05) is 25.9 Å². The molecule has 1 saturated carbocycles. The van der Waals surface area contributed by atoms with Crippen LogP contribution in [0.3, 0.4) is 0 Å². The van der Waals surface area contributed by atoms with Crippen molar-refractivity contribution < 1.29 is 4.79 Å². The molecular weight excluding hydrogens is 272 g/mol. The van der Waals surface area contributed by atoms with Crippen LogP contribution >= 0.6 is 0 Å². The summed E-state index contributed by atoms with van der Waals surface area (Å²) in [6, 6.07) is 12.3. The SMILES string of the molecule is CN(C)C(=O)c1cccnc1-c1ccc(C2CCCC2)cc1. The highest BCUT2D eigenvalue weighted by atomic mass is 16.2. The van der Waals surface area contributed by atoms with E-state index in [1.165, 1.54) is 31.2 Å². The number of amides is 1. The average Bonchev–Trinajstić information content (AvgIpc) is 3.09. The summed E-state index contributed by atoms with van der Waals surface area (Å²) in [6.07, 6.45) is 7.02. The summed E-state index contributed by atoms with van der Waals surface area (Å²) in [7, 11) is 3.53. The van der Waals surface area contributed by atoms with Gasteiger partial charge in [0.2, 0.25) is 0 Å². The highest BCUT2D eigenvalue weighted by molar-refractivity contribution is 5.99. The molecule has 1 heterocycles. The van der Waals surface area contributed by atoms with E-state index >= 15 is 0 Å². The van der Waals surface area contributed by atoms with Crippen LogP contribution in [0.25, 0.3) is 11.3 Å². The molecule has 0 N–H and O–H groups in total. The Labute approximate surface area is 132 Å². The van der Waals surface area contributed by atoms with E-state index < -0.39 is 0 Å². The van der Waals surface area contributed by atoms with Gasteiger partial charge < -0.3 is 4.90 Å². The van der Waals surface area contributed by atoms with E-state index in [1.54, 1.807) is 25.2 Å². The molecule has 1 aromatic carbocycles. The van der Waals surface area contributed by atoms with Crippen LogP contribution < -0.4 is 0 Å². The Morgan fingerprint density at radius 1 is 1.09 bits per heavy atom. The molecule has 1 aromatic heterocycles. The van der Waals surface area contributed by atoms with Gasteiger partial charge in [0.15, 0.2) is 0 Å². The summed E-state index contributed by atoms with van der Waals surface area (Å²) in [5.74, 6) is 0.698. The van der Waals surface area contributed by atoms with Gasteiger partial charge in [-0.15, -0.1) is 0 Å². The molecule has 1 aliphatic rings. The van der Waals surface area contributed by atoms with Crippen molar-refractivity contribution in [3.8, 4) is 11.3 Å². The van der Waals surface area contributed by atoms with E-state index in [1.807, 2.05) is 12.1 Å². The standard InChI is InChI=1S/C19H22N2O/c1-21(2)19(22)17-8-5-13-20-18(17)16-11-9-15(10-12-16)14-6-3-4-7-14/h5,8-14H,3-4,6-7H2,1-2H3. The zero-order valence-corrected chi connectivity index (χ0v) is 13.2. The predicted octanol–water partition coefficient (Wildman–Crippen LogP) is 4.11. The van der Waals surface area contributed by atoms with Crippen LogP contribution in [0.15, 0.2) is 42.6 Å². The Hall–Kier alpha value is -2.16. The lowest BCUT2D eigenvalue weighted by Crippen LogP contribution is -2.22. The first kappa shape index (κ1) is 14.8. The molecule has 22 heavy (non-hydrogen) atoms. The second kappa shape index (κ2) is 6.30. The summed E-state index contributed by atoms with van der Waals surface area (Å²) in [6.45, 7) is 0. The quantitative estimate of drug-likeness (QED) is 0.853. The number of pyridine rings is 1. The number of hydrogen-bond donors (Lipinski definition) is 0. The predicted molar refractivity (Wildman–Crippen MR) is 88.9 cm³/mol. The maximum atomic E-state index is 12.3. The van der Waals surface area contributed by atoms with Crippen LogP contribution in [0.5, 0.6) is 0 Å². The van der Waals surface area contributed by atoms with E-state index in [0.717, 1.165) is 11.3 Å². The lowest BCUT2D eigenvalue weighted by Gasteiger charge is -2.14. The zero-order valence-electron chi connectivity index (χ0n) is 13.2. The van der Waals surface area contributed by atoms with Gasteiger partial charge in [0.25, 0.3) is 5.91 Å². The van der Waals surface area contributed by atoms with Gasteiger partial charge in [-0.2, -0.15) is 0 Å². The van der Waals surface area contributed by atoms with Crippen molar-refractivity contribution in [2.75, 3.05) is 14.1 Å². The summed E-state index contributed by atoms with van der Waals surface area (Å²) >= 11 is 0. The minimum Gasteiger partial charge on any atom is -0.345 e. The molecule has 1 fully saturated rings. The first-order valence-electron chi connectivity index (χ1n) is 7.94. The van der Waals surface area contributed by atoms with E-state index in [-0.39, 0.29) is 5.91 Å². The van der Waals surface area contributed by atoms with Gasteiger partial charge in [-0.3, -0.25) is 9.78 Å². The first-order chi connectivity index (χ1) is 10.7. The summed E-state index contributed by atoms with van der Waals surface area (Å²) in [5, 5.41) is 0. The number of hydrogen-bond acceptors (Lipinski definition) is 2. The molecule has 1 amide bonds. The third-order valence-electron chi connectivity index (χ3n) is 4.45. The minimum atomic E-state index is -0.0111. The second-order valence-corrected chi connectivity index (χ2v) is 6.20. The highest BCUT2D eigenvalue weighted by Gasteiger charge is 2.18. The number of rotatable bonds is 3.